The summed E-state index contributed by atoms with van der Waals surface area (Å²) < 4.78 is 12.7. The highest BCUT2D eigenvalue weighted by Crippen LogP contribution is 2.34. The number of nitrogens with one attached hydrogen (secondary N) is 1. The molecule has 2 aliphatic rings. The van der Waals surface area contributed by atoms with Gasteiger partial charge in [0.25, 0.3) is 11.8 Å². The zero-order chi connectivity index (χ0) is 20.2. The second-order valence-corrected chi connectivity index (χ2v) is 7.41. The van der Waals surface area contributed by atoms with E-state index >= 15 is 0 Å². The molecule has 154 valence electrons. The van der Waals surface area contributed by atoms with Gasteiger partial charge in [0, 0.05) is 62.7 Å². The van der Waals surface area contributed by atoms with E-state index in [4.69, 9.17) is 9.47 Å². The van der Waals surface area contributed by atoms with Crippen LogP contribution < -0.4 is 5.32 Å². The molecule has 1 N–H and O–H groups in total. The predicted molar refractivity (Wildman–Crippen MR) is 103 cm³/mol. The van der Waals surface area contributed by atoms with Gasteiger partial charge in [0.15, 0.2) is 0 Å². The summed E-state index contributed by atoms with van der Waals surface area (Å²) in [5.41, 5.74) is 1.02. The van der Waals surface area contributed by atoms with Crippen LogP contribution in [-0.2, 0) is 16.0 Å². The van der Waals surface area contributed by atoms with Crippen LogP contribution >= 0.6 is 0 Å². The van der Waals surface area contributed by atoms with Crippen molar-refractivity contribution in [1.29, 1.82) is 0 Å². The van der Waals surface area contributed by atoms with Gasteiger partial charge in [-0.25, -0.2) is 0 Å². The van der Waals surface area contributed by atoms with Crippen LogP contribution in [0.2, 0.25) is 0 Å². The van der Waals surface area contributed by atoms with Crippen molar-refractivity contribution in [3.05, 3.63) is 48.0 Å². The molecule has 2 amide bonds. The molecule has 2 aliphatic heterocycles. The van der Waals surface area contributed by atoms with Crippen LogP contribution in [0.3, 0.4) is 0 Å². The second-order valence-electron chi connectivity index (χ2n) is 7.41. The number of methoxy groups -OCH3 is 1. The number of fused-ring (bicyclic) bond motifs is 1. The number of hydrogen-bond donors (Lipinski definition) is 1. The van der Waals surface area contributed by atoms with Gasteiger partial charge < -0.3 is 19.7 Å². The Balaban J connectivity index is 1.32. The fourth-order valence-electron chi connectivity index (χ4n) is 3.95. The minimum Gasteiger partial charge on any atom is -0.383 e. The Morgan fingerprint density at radius 3 is 2.90 bits per heavy atom. The van der Waals surface area contributed by atoms with Gasteiger partial charge in [-0.05, 0) is 18.2 Å². The number of rotatable bonds is 7. The average Bonchev–Trinajstić information content (AvgIpc) is 3.47. The number of nitrogens with zero attached hydrogens (tertiary/aromatic N) is 4. The average molecular weight is 399 g/mol. The van der Waals surface area contributed by atoms with Crippen LogP contribution in [0.5, 0.6) is 0 Å². The summed E-state index contributed by atoms with van der Waals surface area (Å²) in [5, 5.41) is 7.32. The first-order valence-corrected chi connectivity index (χ1v) is 9.77. The molecule has 9 nitrogen and oxygen atoms in total. The first-order valence-electron chi connectivity index (χ1n) is 9.77. The van der Waals surface area contributed by atoms with Crippen molar-refractivity contribution in [3.63, 3.8) is 0 Å². The van der Waals surface area contributed by atoms with Crippen LogP contribution in [0.15, 0.2) is 36.8 Å². The zero-order valence-electron chi connectivity index (χ0n) is 16.4. The van der Waals surface area contributed by atoms with Crippen LogP contribution in [-0.4, -0.2) is 77.5 Å². The molecule has 9 heteroatoms. The third-order valence-electron chi connectivity index (χ3n) is 5.58. The molecule has 3 atom stereocenters. The fourth-order valence-corrected chi connectivity index (χ4v) is 3.95. The van der Waals surface area contributed by atoms with Crippen molar-refractivity contribution < 1.29 is 19.1 Å². The molecule has 29 heavy (non-hydrogen) atoms. The number of carbonyl (C=O) groups is 2. The Kier molecular flexibility index (Phi) is 5.86. The fraction of sp³-hybridized carbons (Fsp3) is 0.500. The Labute approximate surface area is 169 Å². The lowest BCUT2D eigenvalue weighted by Crippen LogP contribution is -2.35. The second kappa shape index (κ2) is 8.71. The van der Waals surface area contributed by atoms with Crippen LogP contribution in [0, 0.1) is 11.8 Å². The summed E-state index contributed by atoms with van der Waals surface area (Å²) in [6.45, 7) is 3.45. The minimum atomic E-state index is -0.122. The zero-order valence-corrected chi connectivity index (χ0v) is 16.4. The number of ether oxygens (including phenoxy) is 2. The number of pyridine rings is 1. The Hall–Kier alpha value is -2.78. The summed E-state index contributed by atoms with van der Waals surface area (Å²) >= 11 is 0. The van der Waals surface area contributed by atoms with Crippen molar-refractivity contribution in [2.75, 3.05) is 40.0 Å². The molecule has 4 rings (SSSR count). The molecule has 2 saturated heterocycles. The summed E-state index contributed by atoms with van der Waals surface area (Å²) in [6, 6.07) is 5.11. The van der Waals surface area contributed by atoms with Gasteiger partial charge in [-0.3, -0.25) is 19.3 Å². The number of aromatic nitrogens is 3. The van der Waals surface area contributed by atoms with E-state index < -0.39 is 0 Å². The number of likely N-dealkylation sites (tertiary alicyclic amines) is 1. The lowest BCUT2D eigenvalue weighted by molar-refractivity contribution is 0.0669. The van der Waals surface area contributed by atoms with E-state index in [9.17, 15) is 9.59 Å². The van der Waals surface area contributed by atoms with E-state index in [1.54, 1.807) is 53.5 Å². The standard InChI is InChI=1S/C20H25N5O4/c1-28-9-8-25-7-4-17(23-25)20(27)24-11-16-15(13-29-18(16)12-24)10-22-19(26)14-2-5-21-6-3-14/h2-7,15-16,18H,8-13H2,1H3,(H,22,26)/t15-,16-,18-/m1/s1. The molecule has 0 radical (unpaired) electrons. The number of hydrogen-bond acceptors (Lipinski definition) is 6. The molecule has 2 aromatic rings. The molecule has 4 heterocycles. The Morgan fingerprint density at radius 1 is 1.28 bits per heavy atom. The van der Waals surface area contributed by atoms with Crippen molar-refractivity contribution in [3.8, 4) is 0 Å². The van der Waals surface area contributed by atoms with Gasteiger partial charge in [-0.1, -0.05) is 0 Å². The first-order chi connectivity index (χ1) is 14.2. The van der Waals surface area contributed by atoms with Crippen molar-refractivity contribution in [2.24, 2.45) is 11.8 Å². The van der Waals surface area contributed by atoms with Gasteiger partial charge in [0.05, 0.1) is 25.9 Å². The molecule has 2 aromatic heterocycles. The summed E-state index contributed by atoms with van der Waals surface area (Å²) in [4.78, 5) is 30.8. The molecule has 0 unspecified atom stereocenters. The van der Waals surface area contributed by atoms with E-state index in [-0.39, 0.29) is 29.8 Å². The quantitative estimate of drug-likeness (QED) is 0.726. The molecular weight excluding hydrogens is 374 g/mol. The maximum atomic E-state index is 12.8. The minimum absolute atomic E-state index is 0.0114. The van der Waals surface area contributed by atoms with E-state index in [1.165, 1.54) is 0 Å². The largest absolute Gasteiger partial charge is 0.383 e. The van der Waals surface area contributed by atoms with Crippen molar-refractivity contribution in [1.82, 2.24) is 25.0 Å². The summed E-state index contributed by atoms with van der Waals surface area (Å²) in [7, 11) is 1.63. The highest BCUT2D eigenvalue weighted by Gasteiger charge is 2.45. The Morgan fingerprint density at radius 2 is 2.10 bits per heavy atom. The maximum Gasteiger partial charge on any atom is 0.274 e. The van der Waals surface area contributed by atoms with E-state index in [0.717, 1.165) is 0 Å². The third-order valence-corrected chi connectivity index (χ3v) is 5.58. The van der Waals surface area contributed by atoms with Crippen LogP contribution in [0.4, 0.5) is 0 Å². The highest BCUT2D eigenvalue weighted by molar-refractivity contribution is 5.94. The smallest absolute Gasteiger partial charge is 0.274 e. The van der Waals surface area contributed by atoms with Gasteiger partial charge in [-0.2, -0.15) is 5.10 Å². The molecule has 0 aliphatic carbocycles. The monoisotopic (exact) mass is 399 g/mol. The van der Waals surface area contributed by atoms with E-state index in [1.807, 2.05) is 0 Å². The molecule has 2 fully saturated rings. The summed E-state index contributed by atoms with van der Waals surface area (Å²) in [5.74, 6) is 0.192. The lowest BCUT2D eigenvalue weighted by atomic mass is 9.93. The van der Waals surface area contributed by atoms with Gasteiger partial charge in [0.2, 0.25) is 0 Å². The van der Waals surface area contributed by atoms with E-state index in [0.29, 0.717) is 50.7 Å². The first kappa shape index (κ1) is 19.5. The van der Waals surface area contributed by atoms with Crippen LogP contribution in [0.25, 0.3) is 0 Å². The predicted octanol–water partition coefficient (Wildman–Crippen LogP) is 0.442. The Bertz CT molecular complexity index is 856. The molecule has 0 aromatic carbocycles. The summed E-state index contributed by atoms with van der Waals surface area (Å²) in [6.07, 6.45) is 5.00. The van der Waals surface area contributed by atoms with E-state index in [2.05, 4.69) is 15.4 Å². The highest BCUT2D eigenvalue weighted by atomic mass is 16.5. The molecular formula is C20H25N5O4. The topological polar surface area (TPSA) is 98.6 Å². The maximum absolute atomic E-state index is 12.8. The van der Waals surface area contributed by atoms with Gasteiger partial charge in [0.1, 0.15) is 5.69 Å². The number of carbonyl (C=O) groups excluding carboxylic acids is 2. The normalized spacial score (nSPS) is 23.2. The van der Waals surface area contributed by atoms with Gasteiger partial charge >= 0.3 is 0 Å². The van der Waals surface area contributed by atoms with Crippen molar-refractivity contribution >= 4 is 11.8 Å². The molecule has 0 saturated carbocycles. The van der Waals surface area contributed by atoms with Gasteiger partial charge in [-0.15, -0.1) is 0 Å². The van der Waals surface area contributed by atoms with Crippen LogP contribution in [0.1, 0.15) is 20.8 Å². The number of amides is 2. The third kappa shape index (κ3) is 4.30. The molecule has 0 bridgehead atoms. The SMILES string of the molecule is COCCn1ccc(C(=O)N2C[C@@H]3[C@H](CNC(=O)c4ccncc4)CO[C@@H]3C2)n1. The lowest BCUT2D eigenvalue weighted by Gasteiger charge is -2.19. The molecule has 0 spiro atoms. The van der Waals surface area contributed by atoms with Crippen molar-refractivity contribution in [2.45, 2.75) is 12.6 Å².